The number of phenols is 1. The van der Waals surface area contributed by atoms with E-state index in [0.29, 0.717) is 15.3 Å². The van der Waals surface area contributed by atoms with E-state index in [2.05, 4.69) is 9.97 Å². The lowest BCUT2D eigenvalue weighted by molar-refractivity contribution is 0.414. The first-order valence-corrected chi connectivity index (χ1v) is 10.1. The quantitative estimate of drug-likeness (QED) is 0.516. The number of imidazole rings is 1. The third kappa shape index (κ3) is 3.56. The molecule has 1 unspecified atom stereocenters. The van der Waals surface area contributed by atoms with Gasteiger partial charge in [0.2, 0.25) is 0 Å². The second-order valence-corrected chi connectivity index (χ2v) is 8.29. The monoisotopic (exact) mass is 396 g/mol. The molecule has 1 heterocycles. The molecule has 27 heavy (non-hydrogen) atoms. The molecule has 5 nitrogen and oxygen atoms in total. The van der Waals surface area contributed by atoms with Gasteiger partial charge in [-0.3, -0.25) is 0 Å². The predicted octanol–water partition coefficient (Wildman–Crippen LogP) is 4.60. The molecule has 0 spiro atoms. The number of hydrogen-bond acceptors (Lipinski definition) is 5. The molecule has 4 rings (SSSR count). The highest BCUT2D eigenvalue weighted by atomic mass is 32.2. The number of fused-ring (bicyclic) bond motifs is 1. The van der Waals surface area contributed by atoms with Gasteiger partial charge in [0, 0.05) is 14.7 Å². The van der Waals surface area contributed by atoms with E-state index < -0.39 is 10.8 Å². The number of aromatic hydroxyl groups is 1. The average molecular weight is 396 g/mol. The zero-order valence-electron chi connectivity index (χ0n) is 14.4. The number of methoxy groups -OCH3 is 1. The van der Waals surface area contributed by atoms with Gasteiger partial charge in [-0.05, 0) is 60.7 Å². The molecule has 0 amide bonds. The Labute approximate surface area is 162 Å². The van der Waals surface area contributed by atoms with Crippen molar-refractivity contribution in [1.29, 1.82) is 0 Å². The van der Waals surface area contributed by atoms with E-state index in [4.69, 9.17) is 4.74 Å². The van der Waals surface area contributed by atoms with Crippen molar-refractivity contribution in [3.63, 3.8) is 0 Å². The number of aromatic nitrogens is 2. The third-order valence-corrected chi connectivity index (χ3v) is 6.54. The summed E-state index contributed by atoms with van der Waals surface area (Å²) < 4.78 is 18.2. The lowest BCUT2D eigenvalue weighted by Crippen LogP contribution is -1.94. The van der Waals surface area contributed by atoms with Crippen LogP contribution in [0.25, 0.3) is 11.0 Å². The van der Waals surface area contributed by atoms with E-state index in [9.17, 15) is 9.32 Å². The molecule has 3 aromatic carbocycles. The van der Waals surface area contributed by atoms with Crippen LogP contribution in [-0.2, 0) is 10.8 Å². The minimum Gasteiger partial charge on any atom is -0.508 e. The number of nitrogens with one attached hydrogen (secondary N) is 1. The fourth-order valence-electron chi connectivity index (χ4n) is 2.68. The van der Waals surface area contributed by atoms with E-state index in [1.165, 1.54) is 12.1 Å². The second kappa shape index (κ2) is 7.46. The summed E-state index contributed by atoms with van der Waals surface area (Å²) >= 11 is 1.60. The second-order valence-electron chi connectivity index (χ2n) is 5.73. The van der Waals surface area contributed by atoms with Gasteiger partial charge in [-0.2, -0.15) is 0 Å². The summed E-state index contributed by atoms with van der Waals surface area (Å²) in [5.74, 6) is 0.956. The lowest BCUT2D eigenvalue weighted by atomic mass is 10.3. The highest BCUT2D eigenvalue weighted by molar-refractivity contribution is 7.99. The summed E-state index contributed by atoms with van der Waals surface area (Å²) in [5, 5.41) is 9.43. The maximum absolute atomic E-state index is 13.0. The van der Waals surface area contributed by atoms with E-state index in [-0.39, 0.29) is 5.75 Å². The number of rotatable bonds is 5. The molecule has 0 aliphatic carbocycles. The van der Waals surface area contributed by atoms with Gasteiger partial charge in [0.1, 0.15) is 17.0 Å². The van der Waals surface area contributed by atoms with Crippen molar-refractivity contribution in [2.75, 3.05) is 7.11 Å². The first-order chi connectivity index (χ1) is 13.2. The molecule has 0 aliphatic heterocycles. The van der Waals surface area contributed by atoms with Crippen LogP contribution in [0.15, 0.2) is 86.6 Å². The molecule has 2 N–H and O–H groups in total. The maximum Gasteiger partial charge on any atom is 0.118 e. The van der Waals surface area contributed by atoms with Gasteiger partial charge < -0.3 is 14.8 Å². The van der Waals surface area contributed by atoms with Crippen LogP contribution in [0.2, 0.25) is 0 Å². The molecule has 4 aromatic rings. The van der Waals surface area contributed by atoms with Crippen LogP contribution in [0.3, 0.4) is 0 Å². The van der Waals surface area contributed by atoms with Crippen LogP contribution in [0.1, 0.15) is 0 Å². The van der Waals surface area contributed by atoms with Crippen LogP contribution in [0.4, 0.5) is 0 Å². The molecule has 136 valence electrons. The molecule has 0 fully saturated rings. The highest BCUT2D eigenvalue weighted by Gasteiger charge is 2.16. The van der Waals surface area contributed by atoms with Crippen molar-refractivity contribution in [2.45, 2.75) is 19.6 Å². The van der Waals surface area contributed by atoms with Crippen LogP contribution in [0.5, 0.6) is 11.5 Å². The smallest absolute Gasteiger partial charge is 0.118 e. The Morgan fingerprint density at radius 3 is 2.48 bits per heavy atom. The molecular weight excluding hydrogens is 380 g/mol. The van der Waals surface area contributed by atoms with E-state index >= 15 is 0 Å². The molecular formula is C20H16N2O3S2. The topological polar surface area (TPSA) is 75.2 Å². The van der Waals surface area contributed by atoms with Gasteiger partial charge in [0.25, 0.3) is 0 Å². The van der Waals surface area contributed by atoms with Gasteiger partial charge in [0.15, 0.2) is 0 Å². The molecule has 0 bridgehead atoms. The Hall–Kier alpha value is -2.77. The van der Waals surface area contributed by atoms with Crippen molar-refractivity contribution in [2.24, 2.45) is 0 Å². The molecule has 1 aromatic heterocycles. The minimum atomic E-state index is -1.39. The summed E-state index contributed by atoms with van der Waals surface area (Å²) in [5.41, 5.74) is 1.53. The first kappa shape index (κ1) is 17.6. The number of hydrogen-bond donors (Lipinski definition) is 2. The molecule has 0 radical (unpaired) electrons. The SMILES string of the molecule is COc1ccc(Sc2ccc(S(=O)c3ccc(O)cc3)c3nc[nH]c23)cc1. The van der Waals surface area contributed by atoms with Crippen molar-refractivity contribution >= 4 is 33.6 Å². The summed E-state index contributed by atoms with van der Waals surface area (Å²) in [6.07, 6.45) is 1.61. The molecule has 1 atom stereocenters. The van der Waals surface area contributed by atoms with E-state index in [1.807, 2.05) is 36.4 Å². The lowest BCUT2D eigenvalue weighted by Gasteiger charge is -2.08. The Balaban J connectivity index is 1.69. The Morgan fingerprint density at radius 1 is 1.04 bits per heavy atom. The van der Waals surface area contributed by atoms with Gasteiger partial charge in [0.05, 0.1) is 34.6 Å². The molecule has 0 aliphatic rings. The third-order valence-electron chi connectivity index (χ3n) is 4.04. The molecule has 0 saturated heterocycles. The van der Waals surface area contributed by atoms with Crippen LogP contribution in [-0.4, -0.2) is 26.4 Å². The Kier molecular flexibility index (Phi) is 4.87. The summed E-state index contributed by atoms with van der Waals surface area (Å²) in [6.45, 7) is 0. The summed E-state index contributed by atoms with van der Waals surface area (Å²) in [7, 11) is 0.256. The zero-order valence-corrected chi connectivity index (χ0v) is 16.0. The van der Waals surface area contributed by atoms with Crippen molar-refractivity contribution in [1.82, 2.24) is 9.97 Å². The standard InChI is InChI=1S/C20H16N2O3S2/c1-25-14-4-6-15(7-5-14)26-17-10-11-18(20-19(17)21-12-22-20)27(24)16-8-2-13(23)3-9-16/h2-12,23H,1H3,(H,21,22). The van der Waals surface area contributed by atoms with Gasteiger partial charge >= 0.3 is 0 Å². The van der Waals surface area contributed by atoms with Gasteiger partial charge in [-0.25, -0.2) is 9.19 Å². The zero-order chi connectivity index (χ0) is 18.8. The summed E-state index contributed by atoms with van der Waals surface area (Å²) in [6, 6.07) is 18.0. The number of aromatic amines is 1. The fraction of sp³-hybridized carbons (Fsp3) is 0.0500. The minimum absolute atomic E-state index is 0.145. The number of H-pyrrole nitrogens is 1. The van der Waals surface area contributed by atoms with Crippen LogP contribution < -0.4 is 4.74 Å². The fourth-order valence-corrected chi connectivity index (χ4v) is 4.76. The maximum atomic E-state index is 13.0. The Bertz CT molecular complexity index is 1110. The van der Waals surface area contributed by atoms with Crippen LogP contribution in [0, 0.1) is 0 Å². The number of phenolic OH excluding ortho intramolecular Hbond substituents is 1. The van der Waals surface area contributed by atoms with Crippen molar-refractivity contribution in [3.05, 3.63) is 67.0 Å². The predicted molar refractivity (Wildman–Crippen MR) is 106 cm³/mol. The van der Waals surface area contributed by atoms with E-state index in [0.717, 1.165) is 21.1 Å². The largest absolute Gasteiger partial charge is 0.508 e. The average Bonchev–Trinajstić information content (AvgIpc) is 3.19. The van der Waals surface area contributed by atoms with Crippen molar-refractivity contribution in [3.8, 4) is 11.5 Å². The van der Waals surface area contributed by atoms with Crippen molar-refractivity contribution < 1.29 is 14.1 Å². The highest BCUT2D eigenvalue weighted by Crippen LogP contribution is 2.35. The molecule has 7 heteroatoms. The Morgan fingerprint density at radius 2 is 1.78 bits per heavy atom. The number of nitrogens with zero attached hydrogens (tertiary/aromatic N) is 1. The number of ether oxygens (including phenoxy) is 1. The van der Waals surface area contributed by atoms with E-state index in [1.54, 1.807) is 37.3 Å². The van der Waals surface area contributed by atoms with Gasteiger partial charge in [-0.1, -0.05) is 11.8 Å². The van der Waals surface area contributed by atoms with Crippen LogP contribution >= 0.6 is 11.8 Å². The normalized spacial score (nSPS) is 12.2. The van der Waals surface area contributed by atoms with Gasteiger partial charge in [-0.15, -0.1) is 0 Å². The molecule has 0 saturated carbocycles. The first-order valence-electron chi connectivity index (χ1n) is 8.14. The summed E-state index contributed by atoms with van der Waals surface area (Å²) in [4.78, 5) is 10.9. The number of benzene rings is 3.